The van der Waals surface area contributed by atoms with E-state index in [1.165, 1.54) is 36.9 Å². The highest BCUT2D eigenvalue weighted by Gasteiger charge is 2.35. The van der Waals surface area contributed by atoms with Gasteiger partial charge in [0.1, 0.15) is 0 Å². The molecule has 1 saturated carbocycles. The van der Waals surface area contributed by atoms with Crippen LogP contribution >= 0.6 is 0 Å². The van der Waals surface area contributed by atoms with E-state index in [1.54, 1.807) is 5.56 Å². The lowest BCUT2D eigenvalue weighted by atomic mass is 9.81. The molecule has 1 aliphatic rings. The van der Waals surface area contributed by atoms with Crippen molar-refractivity contribution in [1.29, 1.82) is 0 Å². The third kappa shape index (κ3) is 4.16. The van der Waals surface area contributed by atoms with E-state index < -0.39 is 0 Å². The number of nitrogens with zero attached hydrogens (tertiary/aromatic N) is 1. The normalized spacial score (nSPS) is 17.4. The summed E-state index contributed by atoms with van der Waals surface area (Å²) in [4.78, 5) is 2.61. The molecule has 2 rings (SSSR count). The van der Waals surface area contributed by atoms with Crippen molar-refractivity contribution in [3.63, 3.8) is 0 Å². The molecule has 0 radical (unpaired) electrons. The van der Waals surface area contributed by atoms with Crippen LogP contribution in [0.1, 0.15) is 105 Å². The number of rotatable bonds is 2. The zero-order valence-electron chi connectivity index (χ0n) is 17.6. The van der Waals surface area contributed by atoms with Crippen molar-refractivity contribution in [3.05, 3.63) is 29.3 Å². The predicted molar refractivity (Wildman–Crippen MR) is 108 cm³/mol. The van der Waals surface area contributed by atoms with Crippen molar-refractivity contribution in [2.45, 2.75) is 110 Å². The maximum absolute atomic E-state index is 2.61. The third-order valence-electron chi connectivity index (χ3n) is 5.24. The van der Waals surface area contributed by atoms with Crippen molar-refractivity contribution in [1.82, 2.24) is 0 Å². The number of hydrogen-bond acceptors (Lipinski definition) is 1. The van der Waals surface area contributed by atoms with Crippen LogP contribution in [0.3, 0.4) is 0 Å². The number of anilines is 1. The summed E-state index contributed by atoms with van der Waals surface area (Å²) in [5.41, 5.74) is 4.80. The van der Waals surface area contributed by atoms with Gasteiger partial charge >= 0.3 is 0 Å². The van der Waals surface area contributed by atoms with Crippen LogP contribution in [0.5, 0.6) is 0 Å². The molecule has 0 heterocycles. The fourth-order valence-corrected chi connectivity index (χ4v) is 4.59. The minimum Gasteiger partial charge on any atom is -0.362 e. The fraction of sp³-hybridized carbons (Fsp3) is 0.739. The molecule has 0 aromatic heterocycles. The largest absolute Gasteiger partial charge is 0.362 e. The van der Waals surface area contributed by atoms with E-state index in [0.29, 0.717) is 0 Å². The predicted octanol–water partition coefficient (Wildman–Crippen LogP) is 7.05. The van der Waals surface area contributed by atoms with E-state index in [9.17, 15) is 0 Å². The highest BCUT2D eigenvalue weighted by molar-refractivity contribution is 5.61. The van der Waals surface area contributed by atoms with Crippen molar-refractivity contribution in [2.75, 3.05) is 4.90 Å². The van der Waals surface area contributed by atoms with Gasteiger partial charge in [0.15, 0.2) is 0 Å². The summed E-state index contributed by atoms with van der Waals surface area (Å²) in [6.07, 6.45) is 5.52. The topological polar surface area (TPSA) is 3.24 Å². The summed E-state index contributed by atoms with van der Waals surface area (Å²) in [6.45, 7) is 21.0. The van der Waals surface area contributed by atoms with Crippen molar-refractivity contribution < 1.29 is 0 Å². The Hall–Kier alpha value is -0.980. The van der Waals surface area contributed by atoms with E-state index in [2.05, 4.69) is 85.4 Å². The van der Waals surface area contributed by atoms with Gasteiger partial charge in [-0.3, -0.25) is 0 Å². The fourth-order valence-electron chi connectivity index (χ4n) is 4.59. The first kappa shape index (κ1) is 19.3. The van der Waals surface area contributed by atoms with Crippen LogP contribution in [-0.4, -0.2) is 11.1 Å². The summed E-state index contributed by atoms with van der Waals surface area (Å²) in [5.74, 6) is 0.776. The summed E-state index contributed by atoms with van der Waals surface area (Å²) < 4.78 is 0. The Balaban J connectivity index is 2.59. The van der Waals surface area contributed by atoms with E-state index in [1.807, 2.05) is 0 Å². The molecular formula is C23H39N. The van der Waals surface area contributed by atoms with Crippen LogP contribution in [0.15, 0.2) is 18.2 Å². The van der Waals surface area contributed by atoms with Gasteiger partial charge in [-0.15, -0.1) is 0 Å². The Kier molecular flexibility index (Phi) is 5.15. The molecule has 136 valence electrons. The first-order valence-electron chi connectivity index (χ1n) is 9.76. The van der Waals surface area contributed by atoms with Gasteiger partial charge in [0.2, 0.25) is 0 Å². The van der Waals surface area contributed by atoms with Crippen LogP contribution in [0.25, 0.3) is 0 Å². The molecule has 0 spiro atoms. The minimum absolute atomic E-state index is 0.0904. The second kappa shape index (κ2) is 6.39. The Morgan fingerprint density at radius 2 is 1.29 bits per heavy atom. The molecule has 1 fully saturated rings. The standard InChI is InChI=1S/C23H39N/c1-21(2,3)19-16-18(17-12-10-11-13-17)14-15-20(19)24(22(4,5)6)23(7,8)9/h14-17H,10-13H2,1-9H3. The molecule has 0 saturated heterocycles. The average molecular weight is 330 g/mol. The molecule has 0 N–H and O–H groups in total. The van der Waals surface area contributed by atoms with Crippen LogP contribution in [0, 0.1) is 0 Å². The van der Waals surface area contributed by atoms with Gasteiger partial charge in [-0.05, 0) is 82.9 Å². The van der Waals surface area contributed by atoms with Gasteiger partial charge in [-0.2, -0.15) is 0 Å². The molecule has 1 aliphatic carbocycles. The molecule has 1 aromatic rings. The lowest BCUT2D eigenvalue weighted by molar-refractivity contribution is 0.377. The monoisotopic (exact) mass is 329 g/mol. The van der Waals surface area contributed by atoms with Crippen molar-refractivity contribution in [2.24, 2.45) is 0 Å². The highest BCUT2D eigenvalue weighted by Crippen LogP contribution is 2.42. The number of hydrogen-bond donors (Lipinski definition) is 0. The van der Waals surface area contributed by atoms with Gasteiger partial charge < -0.3 is 4.90 Å². The molecule has 24 heavy (non-hydrogen) atoms. The van der Waals surface area contributed by atoms with Gasteiger partial charge in [0.25, 0.3) is 0 Å². The quantitative estimate of drug-likeness (QED) is 0.562. The molecule has 1 heteroatoms. The first-order valence-corrected chi connectivity index (χ1v) is 9.76. The Morgan fingerprint density at radius 3 is 1.71 bits per heavy atom. The van der Waals surface area contributed by atoms with E-state index in [4.69, 9.17) is 0 Å². The number of benzene rings is 1. The molecule has 0 amide bonds. The van der Waals surface area contributed by atoms with Gasteiger partial charge in [-0.25, -0.2) is 0 Å². The van der Waals surface area contributed by atoms with Gasteiger partial charge in [0, 0.05) is 16.8 Å². The minimum atomic E-state index is 0.0904. The van der Waals surface area contributed by atoms with E-state index in [-0.39, 0.29) is 16.5 Å². The lowest BCUT2D eigenvalue weighted by Crippen LogP contribution is -2.53. The highest BCUT2D eigenvalue weighted by atomic mass is 15.2. The summed E-state index contributed by atoms with van der Waals surface area (Å²) in [7, 11) is 0. The summed E-state index contributed by atoms with van der Waals surface area (Å²) in [5, 5.41) is 0. The maximum Gasteiger partial charge on any atom is 0.0413 e. The average Bonchev–Trinajstić information content (AvgIpc) is 2.88. The van der Waals surface area contributed by atoms with Gasteiger partial charge in [-0.1, -0.05) is 45.7 Å². The maximum atomic E-state index is 2.61. The van der Waals surface area contributed by atoms with Crippen molar-refractivity contribution >= 4 is 5.69 Å². The Bertz CT molecular complexity index is 543. The Labute approximate surface area is 150 Å². The summed E-state index contributed by atoms with van der Waals surface area (Å²) >= 11 is 0. The summed E-state index contributed by atoms with van der Waals surface area (Å²) in [6, 6.07) is 7.34. The van der Waals surface area contributed by atoms with Crippen LogP contribution < -0.4 is 4.90 Å². The first-order chi connectivity index (χ1) is 10.8. The van der Waals surface area contributed by atoms with Crippen LogP contribution in [0.2, 0.25) is 0 Å². The third-order valence-corrected chi connectivity index (χ3v) is 5.24. The zero-order chi connectivity index (χ0) is 18.3. The molecule has 0 atom stereocenters. The Morgan fingerprint density at radius 1 is 0.792 bits per heavy atom. The molecule has 1 nitrogen and oxygen atoms in total. The molecule has 1 aromatic carbocycles. The molecule has 0 aliphatic heterocycles. The SMILES string of the molecule is CC(C)(C)c1cc(C2CCCC2)ccc1N(C(C)(C)C)C(C)(C)C. The smallest absolute Gasteiger partial charge is 0.0413 e. The molecule has 0 unspecified atom stereocenters. The van der Waals surface area contributed by atoms with Crippen molar-refractivity contribution in [3.8, 4) is 0 Å². The van der Waals surface area contributed by atoms with Crippen LogP contribution in [-0.2, 0) is 5.41 Å². The molecular weight excluding hydrogens is 290 g/mol. The van der Waals surface area contributed by atoms with Gasteiger partial charge in [0.05, 0.1) is 0 Å². The second-order valence-corrected chi connectivity index (χ2v) is 10.7. The van der Waals surface area contributed by atoms with Crippen LogP contribution in [0.4, 0.5) is 5.69 Å². The second-order valence-electron chi connectivity index (χ2n) is 10.7. The molecule has 0 bridgehead atoms. The van der Waals surface area contributed by atoms with E-state index in [0.717, 1.165) is 5.92 Å². The van der Waals surface area contributed by atoms with E-state index >= 15 is 0 Å². The lowest BCUT2D eigenvalue weighted by Gasteiger charge is -2.49. The zero-order valence-corrected chi connectivity index (χ0v) is 17.6.